The number of likely N-dealkylation sites (tertiary alicyclic amines) is 1. The number of amides is 2. The summed E-state index contributed by atoms with van der Waals surface area (Å²) in [4.78, 5) is 15.9. The Balaban J connectivity index is 1.81. The van der Waals surface area contributed by atoms with E-state index in [-0.39, 0.29) is 12.6 Å². The topological polar surface area (TPSA) is 55.8 Å². The van der Waals surface area contributed by atoms with Crippen molar-refractivity contribution in [2.24, 2.45) is 5.92 Å². The average Bonchev–Trinajstić information content (AvgIpc) is 2.69. The Kier molecular flexibility index (Phi) is 4.23. The van der Waals surface area contributed by atoms with E-state index in [1.165, 1.54) is 12.8 Å². The molecule has 0 radical (unpaired) electrons. The molecule has 17 heavy (non-hydrogen) atoms. The molecule has 0 aliphatic carbocycles. The standard InChI is InChI=1S/C12H23N3O2/c1-14-6-3-10(4-7-14)11-9-15(5-2-8-16)12(17)13-11/h10-11,16H,2-9H2,1H3,(H,13,17). The van der Waals surface area contributed by atoms with E-state index in [0.717, 1.165) is 19.6 Å². The molecule has 0 bridgehead atoms. The molecule has 0 aromatic heterocycles. The van der Waals surface area contributed by atoms with Crippen LogP contribution in [0.2, 0.25) is 0 Å². The molecular formula is C12H23N3O2. The minimum Gasteiger partial charge on any atom is -0.396 e. The monoisotopic (exact) mass is 241 g/mol. The van der Waals surface area contributed by atoms with E-state index in [4.69, 9.17) is 5.11 Å². The SMILES string of the molecule is CN1CCC(C2CN(CCCO)C(=O)N2)CC1. The predicted molar refractivity (Wildman–Crippen MR) is 65.8 cm³/mol. The van der Waals surface area contributed by atoms with Gasteiger partial charge in [0.2, 0.25) is 0 Å². The first-order chi connectivity index (χ1) is 8.20. The third kappa shape index (κ3) is 3.10. The van der Waals surface area contributed by atoms with Crippen LogP contribution in [0.15, 0.2) is 0 Å². The van der Waals surface area contributed by atoms with Gasteiger partial charge >= 0.3 is 6.03 Å². The Hall–Kier alpha value is -0.810. The second-order valence-corrected chi connectivity index (χ2v) is 5.22. The van der Waals surface area contributed by atoms with Gasteiger partial charge in [-0.1, -0.05) is 0 Å². The molecule has 1 atom stereocenters. The van der Waals surface area contributed by atoms with Gasteiger partial charge in [0, 0.05) is 19.7 Å². The lowest BCUT2D eigenvalue weighted by Crippen LogP contribution is -2.41. The molecule has 0 spiro atoms. The van der Waals surface area contributed by atoms with Crippen molar-refractivity contribution in [1.29, 1.82) is 0 Å². The van der Waals surface area contributed by atoms with Crippen molar-refractivity contribution in [3.63, 3.8) is 0 Å². The van der Waals surface area contributed by atoms with Gasteiger partial charge in [-0.15, -0.1) is 0 Å². The van der Waals surface area contributed by atoms with Crippen molar-refractivity contribution >= 4 is 6.03 Å². The molecule has 2 saturated heterocycles. The van der Waals surface area contributed by atoms with Crippen molar-refractivity contribution in [3.8, 4) is 0 Å². The van der Waals surface area contributed by atoms with Crippen molar-refractivity contribution in [1.82, 2.24) is 15.1 Å². The Morgan fingerprint density at radius 1 is 1.41 bits per heavy atom. The van der Waals surface area contributed by atoms with Crippen LogP contribution in [0.4, 0.5) is 4.79 Å². The van der Waals surface area contributed by atoms with Gasteiger partial charge in [0.05, 0.1) is 6.04 Å². The van der Waals surface area contributed by atoms with Gasteiger partial charge in [-0.2, -0.15) is 0 Å². The molecule has 98 valence electrons. The molecule has 2 aliphatic rings. The van der Waals surface area contributed by atoms with Gasteiger partial charge in [0.15, 0.2) is 0 Å². The first-order valence-electron chi connectivity index (χ1n) is 6.55. The number of carbonyl (C=O) groups is 1. The highest BCUT2D eigenvalue weighted by molar-refractivity contribution is 5.76. The fourth-order valence-corrected chi connectivity index (χ4v) is 2.77. The number of aliphatic hydroxyl groups is 1. The maximum Gasteiger partial charge on any atom is 0.317 e. The smallest absolute Gasteiger partial charge is 0.317 e. The number of rotatable bonds is 4. The number of nitrogens with one attached hydrogen (secondary N) is 1. The highest BCUT2D eigenvalue weighted by atomic mass is 16.3. The summed E-state index contributed by atoms with van der Waals surface area (Å²) in [5.74, 6) is 0.620. The summed E-state index contributed by atoms with van der Waals surface area (Å²) in [6.45, 7) is 3.91. The fourth-order valence-electron chi connectivity index (χ4n) is 2.77. The average molecular weight is 241 g/mol. The van der Waals surface area contributed by atoms with Crippen LogP contribution in [0.3, 0.4) is 0 Å². The number of carbonyl (C=O) groups excluding carboxylic acids is 1. The molecule has 5 heteroatoms. The molecule has 1 unspecified atom stereocenters. The van der Waals surface area contributed by atoms with Crippen LogP contribution in [0, 0.1) is 5.92 Å². The highest BCUT2D eigenvalue weighted by Crippen LogP contribution is 2.23. The van der Waals surface area contributed by atoms with Crippen LogP contribution in [0.25, 0.3) is 0 Å². The van der Waals surface area contributed by atoms with Gasteiger partial charge < -0.3 is 20.2 Å². The van der Waals surface area contributed by atoms with Gasteiger partial charge in [0.25, 0.3) is 0 Å². The molecule has 2 rings (SSSR count). The maximum atomic E-state index is 11.7. The molecule has 2 N–H and O–H groups in total. The summed E-state index contributed by atoms with van der Waals surface area (Å²) in [7, 11) is 2.15. The van der Waals surface area contributed by atoms with E-state index in [0.29, 0.717) is 24.9 Å². The number of urea groups is 1. The van der Waals surface area contributed by atoms with Gasteiger partial charge in [-0.25, -0.2) is 4.79 Å². The first-order valence-corrected chi connectivity index (χ1v) is 6.55. The number of hydrogen-bond donors (Lipinski definition) is 2. The zero-order valence-corrected chi connectivity index (χ0v) is 10.6. The van der Waals surface area contributed by atoms with Crippen molar-refractivity contribution in [2.75, 3.05) is 39.8 Å². The summed E-state index contributed by atoms with van der Waals surface area (Å²) < 4.78 is 0. The summed E-state index contributed by atoms with van der Waals surface area (Å²) in [5, 5.41) is 11.9. The van der Waals surface area contributed by atoms with E-state index in [1.54, 1.807) is 0 Å². The molecule has 2 aliphatic heterocycles. The quantitative estimate of drug-likeness (QED) is 0.734. The van der Waals surface area contributed by atoms with Gasteiger partial charge in [-0.3, -0.25) is 0 Å². The van der Waals surface area contributed by atoms with Crippen molar-refractivity contribution in [2.45, 2.75) is 25.3 Å². The lowest BCUT2D eigenvalue weighted by atomic mass is 9.90. The van der Waals surface area contributed by atoms with Crippen LogP contribution >= 0.6 is 0 Å². The van der Waals surface area contributed by atoms with Crippen LogP contribution < -0.4 is 5.32 Å². The number of piperidine rings is 1. The van der Waals surface area contributed by atoms with Crippen molar-refractivity contribution in [3.05, 3.63) is 0 Å². The zero-order valence-electron chi connectivity index (χ0n) is 10.6. The second kappa shape index (κ2) is 5.69. The van der Waals surface area contributed by atoms with Crippen LogP contribution in [0.5, 0.6) is 0 Å². The summed E-state index contributed by atoms with van der Waals surface area (Å²) >= 11 is 0. The number of nitrogens with zero attached hydrogens (tertiary/aromatic N) is 2. The van der Waals surface area contributed by atoms with E-state index in [2.05, 4.69) is 17.3 Å². The molecule has 5 nitrogen and oxygen atoms in total. The Morgan fingerprint density at radius 2 is 2.12 bits per heavy atom. The Morgan fingerprint density at radius 3 is 2.76 bits per heavy atom. The van der Waals surface area contributed by atoms with Crippen LogP contribution in [-0.4, -0.2) is 66.8 Å². The molecular weight excluding hydrogens is 218 g/mol. The van der Waals surface area contributed by atoms with Gasteiger partial charge in [0.1, 0.15) is 0 Å². The highest BCUT2D eigenvalue weighted by Gasteiger charge is 2.34. The van der Waals surface area contributed by atoms with E-state index >= 15 is 0 Å². The summed E-state index contributed by atoms with van der Waals surface area (Å²) in [5.41, 5.74) is 0. The normalized spacial score (nSPS) is 27.5. The largest absolute Gasteiger partial charge is 0.396 e. The number of hydrogen-bond acceptors (Lipinski definition) is 3. The minimum atomic E-state index is 0.0439. The number of aliphatic hydroxyl groups excluding tert-OH is 1. The molecule has 0 aromatic rings. The van der Waals surface area contributed by atoms with Crippen LogP contribution in [0.1, 0.15) is 19.3 Å². The fraction of sp³-hybridized carbons (Fsp3) is 0.917. The molecule has 0 aromatic carbocycles. The van der Waals surface area contributed by atoms with Gasteiger partial charge in [-0.05, 0) is 45.3 Å². The lowest BCUT2D eigenvalue weighted by molar-refractivity contribution is 0.189. The predicted octanol–water partition coefficient (Wildman–Crippen LogP) is 0.104. The third-order valence-electron chi connectivity index (χ3n) is 3.93. The Bertz CT molecular complexity index is 264. The van der Waals surface area contributed by atoms with E-state index in [1.807, 2.05) is 4.90 Å². The summed E-state index contributed by atoms with van der Waals surface area (Å²) in [6, 6.07) is 0.359. The Labute approximate surface area is 103 Å². The van der Waals surface area contributed by atoms with E-state index in [9.17, 15) is 4.79 Å². The molecule has 2 heterocycles. The van der Waals surface area contributed by atoms with Crippen LogP contribution in [-0.2, 0) is 0 Å². The minimum absolute atomic E-state index is 0.0439. The van der Waals surface area contributed by atoms with Crippen molar-refractivity contribution < 1.29 is 9.90 Å². The first kappa shape index (κ1) is 12.6. The zero-order chi connectivity index (χ0) is 12.3. The maximum absolute atomic E-state index is 11.7. The molecule has 2 amide bonds. The second-order valence-electron chi connectivity index (χ2n) is 5.22. The summed E-state index contributed by atoms with van der Waals surface area (Å²) in [6.07, 6.45) is 3.03. The van der Waals surface area contributed by atoms with E-state index < -0.39 is 0 Å². The molecule has 0 saturated carbocycles. The lowest BCUT2D eigenvalue weighted by Gasteiger charge is -2.32. The third-order valence-corrected chi connectivity index (χ3v) is 3.93. The molecule has 2 fully saturated rings.